The molecule has 2 aromatic rings. The molecule has 0 saturated heterocycles. The summed E-state index contributed by atoms with van der Waals surface area (Å²) in [5.41, 5.74) is 6.95. The molecule has 0 saturated carbocycles. The molecule has 0 unspecified atom stereocenters. The first kappa shape index (κ1) is 16.5. The lowest BCUT2D eigenvalue weighted by atomic mass is 10.2. The van der Waals surface area contributed by atoms with Crippen LogP contribution >= 0.6 is 31.9 Å². The van der Waals surface area contributed by atoms with Gasteiger partial charge >= 0.3 is 0 Å². The number of anilines is 1. The summed E-state index contributed by atoms with van der Waals surface area (Å²) in [5, 5.41) is 0. The van der Waals surface area contributed by atoms with Gasteiger partial charge in [-0.05, 0) is 35.9 Å². The molecule has 0 radical (unpaired) electrons. The number of nitrogen functional groups attached to an aromatic ring is 1. The van der Waals surface area contributed by atoms with Crippen LogP contribution in [0.5, 0.6) is 0 Å². The van der Waals surface area contributed by atoms with Gasteiger partial charge in [0.15, 0.2) is 0 Å². The number of hydrogen-bond acceptors (Lipinski definition) is 3. The summed E-state index contributed by atoms with van der Waals surface area (Å²) in [7, 11) is -2.08. The SMILES string of the molecule is CN(Cc1ccc(Br)cc1)S(=O)(=O)c1ccc(Br)cc1N. The molecule has 7 heteroatoms. The summed E-state index contributed by atoms with van der Waals surface area (Å²) < 4.78 is 28.1. The number of nitrogens with zero attached hydrogens (tertiary/aromatic N) is 1. The number of hydrogen-bond donors (Lipinski definition) is 1. The third kappa shape index (κ3) is 3.85. The highest BCUT2D eigenvalue weighted by atomic mass is 79.9. The maximum atomic E-state index is 12.6. The molecule has 0 aromatic heterocycles. The molecule has 4 nitrogen and oxygen atoms in total. The number of benzene rings is 2. The van der Waals surface area contributed by atoms with Crippen LogP contribution in [-0.2, 0) is 16.6 Å². The van der Waals surface area contributed by atoms with E-state index in [-0.39, 0.29) is 17.1 Å². The van der Waals surface area contributed by atoms with E-state index in [4.69, 9.17) is 5.73 Å². The molecule has 0 heterocycles. The average Bonchev–Trinajstić information content (AvgIpc) is 2.40. The van der Waals surface area contributed by atoms with Crippen molar-refractivity contribution in [3.8, 4) is 0 Å². The van der Waals surface area contributed by atoms with Crippen molar-refractivity contribution < 1.29 is 8.42 Å². The van der Waals surface area contributed by atoms with E-state index in [1.165, 1.54) is 10.4 Å². The highest BCUT2D eigenvalue weighted by Crippen LogP contribution is 2.26. The van der Waals surface area contributed by atoms with Crippen molar-refractivity contribution in [1.29, 1.82) is 0 Å². The second kappa shape index (κ2) is 6.48. The summed E-state index contributed by atoms with van der Waals surface area (Å²) in [6.07, 6.45) is 0. The first-order valence-corrected chi connectivity index (χ1v) is 9.09. The highest BCUT2D eigenvalue weighted by Gasteiger charge is 2.23. The zero-order chi connectivity index (χ0) is 15.6. The van der Waals surface area contributed by atoms with E-state index >= 15 is 0 Å². The van der Waals surface area contributed by atoms with Crippen molar-refractivity contribution in [3.05, 3.63) is 57.0 Å². The Labute approximate surface area is 141 Å². The third-order valence-corrected chi connectivity index (χ3v) is 5.88. The smallest absolute Gasteiger partial charge is 0.245 e. The van der Waals surface area contributed by atoms with Crippen LogP contribution in [0.15, 0.2) is 56.3 Å². The van der Waals surface area contributed by atoms with E-state index in [2.05, 4.69) is 31.9 Å². The molecule has 2 rings (SSSR count). The van der Waals surface area contributed by atoms with Crippen LogP contribution in [0.4, 0.5) is 5.69 Å². The summed E-state index contributed by atoms with van der Waals surface area (Å²) in [6, 6.07) is 12.3. The molecule has 0 bridgehead atoms. The van der Waals surface area contributed by atoms with Gasteiger partial charge in [0.1, 0.15) is 4.90 Å². The van der Waals surface area contributed by atoms with Crippen molar-refractivity contribution in [2.75, 3.05) is 12.8 Å². The first-order valence-electron chi connectivity index (χ1n) is 6.06. The van der Waals surface area contributed by atoms with E-state index in [1.807, 2.05) is 24.3 Å². The Morgan fingerprint density at radius 1 is 1.05 bits per heavy atom. The molecule has 0 aliphatic carbocycles. The van der Waals surface area contributed by atoms with E-state index in [0.29, 0.717) is 0 Å². The van der Waals surface area contributed by atoms with Crippen LogP contribution in [0.3, 0.4) is 0 Å². The molecule has 0 atom stereocenters. The Hall–Kier alpha value is -0.890. The minimum Gasteiger partial charge on any atom is -0.398 e. The largest absolute Gasteiger partial charge is 0.398 e. The maximum Gasteiger partial charge on any atom is 0.245 e. The van der Waals surface area contributed by atoms with Gasteiger partial charge in [-0.3, -0.25) is 0 Å². The summed E-state index contributed by atoms with van der Waals surface area (Å²) >= 11 is 6.62. The maximum absolute atomic E-state index is 12.6. The summed E-state index contributed by atoms with van der Waals surface area (Å²) in [5.74, 6) is 0. The number of rotatable bonds is 4. The van der Waals surface area contributed by atoms with Crippen LogP contribution in [0.1, 0.15) is 5.56 Å². The molecule has 2 aromatic carbocycles. The second-order valence-corrected chi connectivity index (χ2v) is 8.41. The molecule has 0 spiro atoms. The van der Waals surface area contributed by atoms with Gasteiger partial charge < -0.3 is 5.73 Å². The Kier molecular flexibility index (Phi) is 5.08. The molecule has 0 fully saturated rings. The van der Waals surface area contributed by atoms with Crippen LogP contribution in [0, 0.1) is 0 Å². The number of nitrogens with two attached hydrogens (primary N) is 1. The quantitative estimate of drug-likeness (QED) is 0.749. The topological polar surface area (TPSA) is 63.4 Å². The summed E-state index contributed by atoms with van der Waals surface area (Å²) in [4.78, 5) is 0.116. The van der Waals surface area contributed by atoms with E-state index in [9.17, 15) is 8.42 Å². The molecule has 0 aliphatic rings. The van der Waals surface area contributed by atoms with E-state index in [1.54, 1.807) is 19.2 Å². The first-order chi connectivity index (χ1) is 9.80. The van der Waals surface area contributed by atoms with Crippen molar-refractivity contribution >= 4 is 47.6 Å². The molecular weight excluding hydrogens is 420 g/mol. The lowest BCUT2D eigenvalue weighted by molar-refractivity contribution is 0.467. The van der Waals surface area contributed by atoms with E-state index < -0.39 is 10.0 Å². The minimum absolute atomic E-state index is 0.116. The van der Waals surface area contributed by atoms with Crippen molar-refractivity contribution in [3.63, 3.8) is 0 Å². The fourth-order valence-corrected chi connectivity index (χ4v) is 3.75. The zero-order valence-corrected chi connectivity index (χ0v) is 15.2. The number of halogens is 2. The predicted octanol–water partition coefficient (Wildman–Crippen LogP) is 3.61. The molecule has 112 valence electrons. The average molecular weight is 434 g/mol. The van der Waals surface area contributed by atoms with Gasteiger partial charge in [0, 0.05) is 22.5 Å². The van der Waals surface area contributed by atoms with Gasteiger partial charge in [-0.2, -0.15) is 4.31 Å². The minimum atomic E-state index is -3.62. The van der Waals surface area contributed by atoms with Gasteiger partial charge in [0.05, 0.1) is 5.69 Å². The Morgan fingerprint density at radius 3 is 2.19 bits per heavy atom. The Morgan fingerprint density at radius 2 is 1.62 bits per heavy atom. The van der Waals surface area contributed by atoms with Crippen LogP contribution in [0.2, 0.25) is 0 Å². The van der Waals surface area contributed by atoms with Gasteiger partial charge in [0.2, 0.25) is 10.0 Å². The molecule has 2 N–H and O–H groups in total. The molecule has 0 amide bonds. The highest BCUT2D eigenvalue weighted by molar-refractivity contribution is 9.10. The van der Waals surface area contributed by atoms with Crippen LogP contribution < -0.4 is 5.73 Å². The van der Waals surface area contributed by atoms with Crippen molar-refractivity contribution in [1.82, 2.24) is 4.31 Å². The van der Waals surface area contributed by atoms with Crippen molar-refractivity contribution in [2.24, 2.45) is 0 Å². The fraction of sp³-hybridized carbons (Fsp3) is 0.143. The van der Waals surface area contributed by atoms with Gasteiger partial charge in [-0.25, -0.2) is 8.42 Å². The standard InChI is InChI=1S/C14H14Br2N2O2S/c1-18(9-10-2-4-11(15)5-3-10)21(19,20)14-7-6-12(16)8-13(14)17/h2-8H,9,17H2,1H3. The van der Waals surface area contributed by atoms with E-state index in [0.717, 1.165) is 14.5 Å². The molecular formula is C14H14Br2N2O2S. The Bertz CT molecular complexity index is 746. The van der Waals surface area contributed by atoms with Gasteiger partial charge in [0.25, 0.3) is 0 Å². The van der Waals surface area contributed by atoms with Crippen LogP contribution in [0.25, 0.3) is 0 Å². The van der Waals surface area contributed by atoms with Crippen molar-refractivity contribution in [2.45, 2.75) is 11.4 Å². The van der Waals surface area contributed by atoms with Gasteiger partial charge in [-0.15, -0.1) is 0 Å². The van der Waals surface area contributed by atoms with Gasteiger partial charge in [-0.1, -0.05) is 44.0 Å². The fourth-order valence-electron chi connectivity index (χ4n) is 1.85. The zero-order valence-electron chi connectivity index (χ0n) is 11.3. The normalized spacial score (nSPS) is 11.8. The Balaban J connectivity index is 2.28. The third-order valence-electron chi connectivity index (χ3n) is 2.98. The monoisotopic (exact) mass is 432 g/mol. The lowest BCUT2D eigenvalue weighted by Crippen LogP contribution is -2.27. The molecule has 0 aliphatic heterocycles. The second-order valence-electron chi connectivity index (χ2n) is 4.57. The van der Waals surface area contributed by atoms with Crippen LogP contribution in [-0.4, -0.2) is 19.8 Å². The lowest BCUT2D eigenvalue weighted by Gasteiger charge is -2.18. The summed E-state index contributed by atoms with van der Waals surface area (Å²) in [6.45, 7) is 0.283. The predicted molar refractivity (Wildman–Crippen MR) is 91.3 cm³/mol. The molecule has 21 heavy (non-hydrogen) atoms. The number of sulfonamides is 1.